The molecule has 1 atom stereocenters. The van der Waals surface area contributed by atoms with Crippen molar-refractivity contribution in [2.45, 2.75) is 77.2 Å². The molecule has 4 heteroatoms. The van der Waals surface area contributed by atoms with Gasteiger partial charge in [0, 0.05) is 6.04 Å². The van der Waals surface area contributed by atoms with E-state index in [-0.39, 0.29) is 6.04 Å². The zero-order chi connectivity index (χ0) is 16.6. The molecule has 22 heavy (non-hydrogen) atoms. The predicted octanol–water partition coefficient (Wildman–Crippen LogP) is 4.52. The van der Waals surface area contributed by atoms with Crippen molar-refractivity contribution in [2.75, 3.05) is 0 Å². The lowest BCUT2D eigenvalue weighted by Gasteiger charge is -2.14. The summed E-state index contributed by atoms with van der Waals surface area (Å²) in [6.07, 6.45) is 6.53. The molecule has 0 heterocycles. The summed E-state index contributed by atoms with van der Waals surface area (Å²) in [5.74, 6) is 0.573. The molecule has 126 valence electrons. The van der Waals surface area contributed by atoms with E-state index in [9.17, 15) is 8.42 Å². The van der Waals surface area contributed by atoms with Crippen molar-refractivity contribution in [3.63, 3.8) is 0 Å². The van der Waals surface area contributed by atoms with Gasteiger partial charge in [0.15, 0.2) is 0 Å². The van der Waals surface area contributed by atoms with Crippen LogP contribution in [0.2, 0.25) is 0 Å². The average molecular weight is 326 g/mol. The third-order valence-electron chi connectivity index (χ3n) is 3.72. The minimum atomic E-state index is -3.40. The van der Waals surface area contributed by atoms with Crippen LogP contribution in [0.4, 0.5) is 0 Å². The largest absolute Gasteiger partial charge is 0.240 e. The molecule has 0 aliphatic heterocycles. The molecule has 1 rings (SSSR count). The van der Waals surface area contributed by atoms with Crippen LogP contribution in [0.25, 0.3) is 0 Å². The van der Waals surface area contributed by atoms with Gasteiger partial charge in [-0.2, -0.15) is 0 Å². The first-order valence-electron chi connectivity index (χ1n) is 8.46. The molecule has 1 aromatic rings. The van der Waals surface area contributed by atoms with Gasteiger partial charge in [-0.1, -0.05) is 58.6 Å². The highest BCUT2D eigenvalue weighted by Gasteiger charge is 2.17. The Morgan fingerprint density at radius 3 is 2.18 bits per heavy atom. The summed E-state index contributed by atoms with van der Waals surface area (Å²) in [5.41, 5.74) is 1.18. The highest BCUT2D eigenvalue weighted by Crippen LogP contribution is 2.15. The van der Waals surface area contributed by atoms with Crippen LogP contribution in [0.15, 0.2) is 29.2 Å². The first kappa shape index (κ1) is 19.2. The molecule has 0 radical (unpaired) electrons. The Bertz CT molecular complexity index is 521. The highest BCUT2D eigenvalue weighted by molar-refractivity contribution is 7.89. The maximum absolute atomic E-state index is 12.4. The van der Waals surface area contributed by atoms with Gasteiger partial charge in [-0.3, -0.25) is 0 Å². The molecule has 1 aromatic carbocycles. The summed E-state index contributed by atoms with van der Waals surface area (Å²) in [6.45, 7) is 8.44. The average Bonchev–Trinajstić information content (AvgIpc) is 2.43. The summed E-state index contributed by atoms with van der Waals surface area (Å²) in [4.78, 5) is 0.361. The van der Waals surface area contributed by atoms with Gasteiger partial charge in [0.25, 0.3) is 0 Å². The van der Waals surface area contributed by atoms with Crippen LogP contribution in [-0.4, -0.2) is 14.5 Å². The first-order chi connectivity index (χ1) is 10.3. The molecule has 0 amide bonds. The molecule has 0 bridgehead atoms. The zero-order valence-corrected chi connectivity index (χ0v) is 15.2. The van der Waals surface area contributed by atoms with Crippen LogP contribution in [-0.2, 0) is 16.4 Å². The van der Waals surface area contributed by atoms with Gasteiger partial charge < -0.3 is 0 Å². The van der Waals surface area contributed by atoms with E-state index in [1.54, 1.807) is 12.1 Å². The molecular formula is C18H31NO2S. The topological polar surface area (TPSA) is 46.2 Å². The van der Waals surface area contributed by atoms with E-state index in [0.717, 1.165) is 19.3 Å². The summed E-state index contributed by atoms with van der Waals surface area (Å²) in [5, 5.41) is 0. The van der Waals surface area contributed by atoms with E-state index in [2.05, 4.69) is 25.5 Å². The number of rotatable bonds is 10. The summed E-state index contributed by atoms with van der Waals surface area (Å²) >= 11 is 0. The monoisotopic (exact) mass is 325 g/mol. The van der Waals surface area contributed by atoms with Gasteiger partial charge in [-0.05, 0) is 43.4 Å². The SMILES string of the molecule is CCCCCCC(C)NS(=O)(=O)c1ccc(CC(C)C)cc1. The van der Waals surface area contributed by atoms with Crippen LogP contribution in [0.3, 0.4) is 0 Å². The Morgan fingerprint density at radius 2 is 1.64 bits per heavy atom. The van der Waals surface area contributed by atoms with Crippen molar-refractivity contribution in [3.8, 4) is 0 Å². The summed E-state index contributed by atoms with van der Waals surface area (Å²) in [7, 11) is -3.40. The van der Waals surface area contributed by atoms with Crippen LogP contribution in [0.1, 0.15) is 65.4 Å². The second-order valence-corrected chi connectivity index (χ2v) is 8.33. The fraction of sp³-hybridized carbons (Fsp3) is 0.667. The molecule has 1 unspecified atom stereocenters. The number of unbranched alkanes of at least 4 members (excludes halogenated alkanes) is 3. The molecule has 3 nitrogen and oxygen atoms in total. The van der Waals surface area contributed by atoms with Gasteiger partial charge in [0.1, 0.15) is 0 Å². The van der Waals surface area contributed by atoms with E-state index in [4.69, 9.17) is 0 Å². The second kappa shape index (κ2) is 9.31. The molecule has 1 N–H and O–H groups in total. The van der Waals surface area contributed by atoms with Crippen LogP contribution in [0.5, 0.6) is 0 Å². The van der Waals surface area contributed by atoms with Crippen LogP contribution in [0, 0.1) is 5.92 Å². The smallest absolute Gasteiger partial charge is 0.208 e. The van der Waals surface area contributed by atoms with Crippen LogP contribution >= 0.6 is 0 Å². The molecule has 0 fully saturated rings. The Balaban J connectivity index is 2.58. The lowest BCUT2D eigenvalue weighted by atomic mass is 10.0. The van der Waals surface area contributed by atoms with Crippen molar-refractivity contribution >= 4 is 10.0 Å². The summed E-state index contributed by atoms with van der Waals surface area (Å²) in [6, 6.07) is 7.24. The molecule has 0 aliphatic rings. The van der Waals surface area contributed by atoms with Crippen molar-refractivity contribution in [1.29, 1.82) is 0 Å². The lowest BCUT2D eigenvalue weighted by Crippen LogP contribution is -2.32. The predicted molar refractivity (Wildman–Crippen MR) is 93.5 cm³/mol. The second-order valence-electron chi connectivity index (χ2n) is 6.61. The third-order valence-corrected chi connectivity index (χ3v) is 5.33. The fourth-order valence-electron chi connectivity index (χ4n) is 2.55. The van der Waals surface area contributed by atoms with Crippen molar-refractivity contribution in [3.05, 3.63) is 29.8 Å². The van der Waals surface area contributed by atoms with Gasteiger partial charge in [0.2, 0.25) is 10.0 Å². The quantitative estimate of drug-likeness (QED) is 0.643. The van der Waals surface area contributed by atoms with E-state index in [1.807, 2.05) is 19.1 Å². The molecule has 0 saturated carbocycles. The minimum Gasteiger partial charge on any atom is -0.208 e. The van der Waals surface area contributed by atoms with E-state index >= 15 is 0 Å². The fourth-order valence-corrected chi connectivity index (χ4v) is 3.82. The molecule has 0 aliphatic carbocycles. The van der Waals surface area contributed by atoms with Gasteiger partial charge in [0.05, 0.1) is 4.90 Å². The number of hydrogen-bond acceptors (Lipinski definition) is 2. The Hall–Kier alpha value is -0.870. The standard InChI is InChI=1S/C18H31NO2S/c1-5-6-7-8-9-16(4)19-22(20,21)18-12-10-17(11-13-18)14-15(2)3/h10-13,15-16,19H,5-9,14H2,1-4H3. The third kappa shape index (κ3) is 6.93. The van der Waals surface area contributed by atoms with Gasteiger partial charge in [-0.25, -0.2) is 13.1 Å². The summed E-state index contributed by atoms with van der Waals surface area (Å²) < 4.78 is 27.5. The van der Waals surface area contributed by atoms with E-state index in [0.29, 0.717) is 10.8 Å². The maximum atomic E-state index is 12.4. The number of nitrogens with one attached hydrogen (secondary N) is 1. The molecule has 0 saturated heterocycles. The first-order valence-corrected chi connectivity index (χ1v) is 9.94. The van der Waals surface area contributed by atoms with Gasteiger partial charge in [-0.15, -0.1) is 0 Å². The molecular weight excluding hydrogens is 294 g/mol. The Labute approximate surface area is 136 Å². The Kier molecular flexibility index (Phi) is 8.12. The lowest BCUT2D eigenvalue weighted by molar-refractivity contribution is 0.522. The number of benzene rings is 1. The van der Waals surface area contributed by atoms with Crippen molar-refractivity contribution in [2.24, 2.45) is 5.92 Å². The highest BCUT2D eigenvalue weighted by atomic mass is 32.2. The number of hydrogen-bond donors (Lipinski definition) is 1. The minimum absolute atomic E-state index is 0.0165. The van der Waals surface area contributed by atoms with Gasteiger partial charge >= 0.3 is 0 Å². The maximum Gasteiger partial charge on any atom is 0.240 e. The van der Waals surface area contributed by atoms with E-state index < -0.39 is 10.0 Å². The number of sulfonamides is 1. The zero-order valence-electron chi connectivity index (χ0n) is 14.4. The normalized spacial score (nSPS) is 13.5. The van der Waals surface area contributed by atoms with Crippen LogP contribution < -0.4 is 4.72 Å². The molecule has 0 aromatic heterocycles. The van der Waals surface area contributed by atoms with Crippen molar-refractivity contribution in [1.82, 2.24) is 4.72 Å². The Morgan fingerprint density at radius 1 is 1.00 bits per heavy atom. The van der Waals surface area contributed by atoms with Crippen molar-refractivity contribution < 1.29 is 8.42 Å². The molecule has 0 spiro atoms. The van der Waals surface area contributed by atoms with E-state index in [1.165, 1.54) is 24.8 Å².